The van der Waals surface area contributed by atoms with Gasteiger partial charge in [0.2, 0.25) is 10.0 Å². The van der Waals surface area contributed by atoms with Gasteiger partial charge in [-0.05, 0) is 36.1 Å². The van der Waals surface area contributed by atoms with Gasteiger partial charge in [-0.3, -0.25) is 4.79 Å². The molecule has 2 heterocycles. The molecule has 0 aliphatic rings. The van der Waals surface area contributed by atoms with Crippen molar-refractivity contribution in [3.05, 3.63) is 51.7 Å². The second-order valence-electron chi connectivity index (χ2n) is 6.07. The van der Waals surface area contributed by atoms with E-state index in [9.17, 15) is 13.2 Å². The number of carbonyl (C=O) groups excluding carboxylic acids is 1. The number of amides is 1. The van der Waals surface area contributed by atoms with Crippen LogP contribution in [0.5, 0.6) is 0 Å². The summed E-state index contributed by atoms with van der Waals surface area (Å²) in [7, 11) is -3.60. The van der Waals surface area contributed by atoms with Crippen molar-refractivity contribution in [2.75, 3.05) is 18.4 Å². The lowest BCUT2D eigenvalue weighted by Gasteiger charge is -2.19. The van der Waals surface area contributed by atoms with Gasteiger partial charge < -0.3 is 5.32 Å². The molecule has 0 saturated heterocycles. The predicted molar refractivity (Wildman–Crippen MR) is 115 cm³/mol. The van der Waals surface area contributed by atoms with Crippen LogP contribution in [0, 0.1) is 6.92 Å². The number of hydrogen-bond donors (Lipinski definition) is 1. The first-order valence-electron chi connectivity index (χ1n) is 8.77. The van der Waals surface area contributed by atoms with Gasteiger partial charge in [0.15, 0.2) is 0 Å². The number of aryl methyl sites for hydroxylation is 1. The van der Waals surface area contributed by atoms with Crippen molar-refractivity contribution < 1.29 is 13.2 Å². The van der Waals surface area contributed by atoms with Crippen LogP contribution >= 0.6 is 22.7 Å². The number of carbonyl (C=O) groups is 1. The fourth-order valence-electron chi connectivity index (χ4n) is 2.69. The summed E-state index contributed by atoms with van der Waals surface area (Å²) in [5.74, 6) is -0.363. The quantitative estimate of drug-likeness (QED) is 0.594. The highest BCUT2D eigenvalue weighted by Gasteiger charge is 2.23. The van der Waals surface area contributed by atoms with Crippen molar-refractivity contribution in [3.63, 3.8) is 0 Å². The van der Waals surface area contributed by atoms with Crippen molar-refractivity contribution in [3.8, 4) is 10.6 Å². The number of rotatable bonds is 7. The van der Waals surface area contributed by atoms with E-state index < -0.39 is 10.0 Å². The number of hydrogen-bond acceptors (Lipinski definition) is 6. The minimum Gasteiger partial charge on any atom is -0.320 e. The molecular formula is C19H21N3O3S3. The number of thiophene rings is 1. The molecule has 28 heavy (non-hydrogen) atoms. The highest BCUT2D eigenvalue weighted by Crippen LogP contribution is 2.27. The van der Waals surface area contributed by atoms with Crippen molar-refractivity contribution in [2.24, 2.45) is 0 Å². The van der Waals surface area contributed by atoms with E-state index in [1.807, 2.05) is 23.8 Å². The second-order valence-corrected chi connectivity index (χ2v) is 9.65. The Labute approximate surface area is 172 Å². The number of thiazole rings is 1. The van der Waals surface area contributed by atoms with Gasteiger partial charge in [0.05, 0.1) is 4.90 Å². The zero-order valence-corrected chi connectivity index (χ0v) is 18.2. The SMILES string of the molecule is CCN(CC)S(=O)(=O)c1ccc(C)c(NC(=O)c2csc(-c3ccsc3)n2)c1. The smallest absolute Gasteiger partial charge is 0.275 e. The van der Waals surface area contributed by atoms with Crippen LogP contribution in [0.1, 0.15) is 29.9 Å². The van der Waals surface area contributed by atoms with Gasteiger partial charge >= 0.3 is 0 Å². The molecule has 0 radical (unpaired) electrons. The zero-order valence-electron chi connectivity index (χ0n) is 15.8. The normalized spacial score (nSPS) is 11.7. The molecule has 0 aliphatic heterocycles. The monoisotopic (exact) mass is 435 g/mol. The average molecular weight is 436 g/mol. The summed E-state index contributed by atoms with van der Waals surface area (Å²) in [6, 6.07) is 6.73. The third-order valence-electron chi connectivity index (χ3n) is 4.31. The van der Waals surface area contributed by atoms with Crippen molar-refractivity contribution in [2.45, 2.75) is 25.7 Å². The van der Waals surface area contributed by atoms with Crippen molar-refractivity contribution in [1.29, 1.82) is 0 Å². The van der Waals surface area contributed by atoms with Gasteiger partial charge in [-0.15, -0.1) is 11.3 Å². The summed E-state index contributed by atoms with van der Waals surface area (Å²) >= 11 is 2.97. The Bertz CT molecular complexity index is 1070. The summed E-state index contributed by atoms with van der Waals surface area (Å²) < 4.78 is 26.9. The Balaban J connectivity index is 1.85. The Hall–Kier alpha value is -2.07. The highest BCUT2D eigenvalue weighted by molar-refractivity contribution is 7.89. The Morgan fingerprint density at radius 3 is 2.57 bits per heavy atom. The van der Waals surface area contributed by atoms with Crippen LogP contribution < -0.4 is 5.32 Å². The van der Waals surface area contributed by atoms with Gasteiger partial charge in [0.25, 0.3) is 5.91 Å². The number of aromatic nitrogens is 1. The molecule has 0 aliphatic carbocycles. The van der Waals surface area contributed by atoms with E-state index in [0.29, 0.717) is 24.5 Å². The molecule has 1 N–H and O–H groups in total. The van der Waals surface area contributed by atoms with E-state index in [4.69, 9.17) is 0 Å². The number of nitrogens with one attached hydrogen (secondary N) is 1. The Morgan fingerprint density at radius 2 is 1.93 bits per heavy atom. The summed E-state index contributed by atoms with van der Waals surface area (Å²) in [5, 5.41) is 9.22. The van der Waals surface area contributed by atoms with Gasteiger partial charge in [0, 0.05) is 35.1 Å². The first-order valence-corrected chi connectivity index (χ1v) is 12.0. The first kappa shape index (κ1) is 20.7. The molecule has 0 fully saturated rings. The van der Waals surface area contributed by atoms with E-state index in [1.54, 1.807) is 42.7 Å². The third-order valence-corrected chi connectivity index (χ3v) is 7.93. The first-order chi connectivity index (χ1) is 13.4. The van der Waals surface area contributed by atoms with E-state index in [-0.39, 0.29) is 10.8 Å². The fraction of sp³-hybridized carbons (Fsp3) is 0.263. The average Bonchev–Trinajstić information content (AvgIpc) is 3.35. The van der Waals surface area contributed by atoms with Crippen LogP contribution in [0.25, 0.3) is 10.6 Å². The number of nitrogens with zero attached hydrogens (tertiary/aromatic N) is 2. The summed E-state index contributed by atoms with van der Waals surface area (Å²) in [4.78, 5) is 17.2. The Kier molecular flexibility index (Phi) is 6.29. The van der Waals surface area contributed by atoms with Crippen LogP contribution in [0.15, 0.2) is 45.3 Å². The van der Waals surface area contributed by atoms with Gasteiger partial charge in [-0.2, -0.15) is 15.6 Å². The lowest BCUT2D eigenvalue weighted by atomic mass is 10.2. The zero-order chi connectivity index (χ0) is 20.3. The summed E-state index contributed by atoms with van der Waals surface area (Å²) in [6.07, 6.45) is 0. The second kappa shape index (κ2) is 8.52. The maximum absolute atomic E-state index is 12.8. The minimum absolute atomic E-state index is 0.161. The topological polar surface area (TPSA) is 79.4 Å². The molecule has 3 rings (SSSR count). The fourth-order valence-corrected chi connectivity index (χ4v) is 5.69. The van der Waals surface area contributed by atoms with Crippen molar-refractivity contribution in [1.82, 2.24) is 9.29 Å². The molecule has 0 atom stereocenters. The molecule has 2 aromatic heterocycles. The summed E-state index contributed by atoms with van der Waals surface area (Å²) in [5.41, 5.74) is 2.53. The third kappa shape index (κ3) is 4.17. The van der Waals surface area contributed by atoms with E-state index >= 15 is 0 Å². The number of benzene rings is 1. The number of anilines is 1. The maximum atomic E-state index is 12.8. The predicted octanol–water partition coefficient (Wildman–Crippen LogP) is 4.46. The molecule has 3 aromatic rings. The van der Waals surface area contributed by atoms with Crippen LogP contribution in [0.4, 0.5) is 5.69 Å². The highest BCUT2D eigenvalue weighted by atomic mass is 32.2. The lowest BCUT2D eigenvalue weighted by Crippen LogP contribution is -2.30. The van der Waals surface area contributed by atoms with E-state index in [2.05, 4.69) is 10.3 Å². The lowest BCUT2D eigenvalue weighted by molar-refractivity contribution is 0.102. The Morgan fingerprint density at radius 1 is 1.18 bits per heavy atom. The van der Waals surface area contributed by atoms with Crippen LogP contribution in [-0.2, 0) is 10.0 Å². The molecule has 1 amide bonds. The molecule has 0 bridgehead atoms. The van der Waals surface area contributed by atoms with E-state index in [1.165, 1.54) is 21.7 Å². The molecule has 0 spiro atoms. The van der Waals surface area contributed by atoms with E-state index in [0.717, 1.165) is 16.1 Å². The van der Waals surface area contributed by atoms with Gasteiger partial charge in [0.1, 0.15) is 10.7 Å². The molecule has 0 saturated carbocycles. The van der Waals surface area contributed by atoms with Crippen LogP contribution in [0.3, 0.4) is 0 Å². The summed E-state index contributed by atoms with van der Waals surface area (Å²) in [6.45, 7) is 6.19. The van der Waals surface area contributed by atoms with Crippen LogP contribution in [0.2, 0.25) is 0 Å². The van der Waals surface area contributed by atoms with Crippen LogP contribution in [-0.4, -0.2) is 36.7 Å². The number of sulfonamides is 1. The maximum Gasteiger partial charge on any atom is 0.275 e. The largest absolute Gasteiger partial charge is 0.320 e. The van der Waals surface area contributed by atoms with Crippen molar-refractivity contribution >= 4 is 44.3 Å². The molecule has 148 valence electrons. The van der Waals surface area contributed by atoms with Gasteiger partial charge in [-0.1, -0.05) is 19.9 Å². The minimum atomic E-state index is -3.60. The molecule has 0 unspecified atom stereocenters. The molecular weight excluding hydrogens is 414 g/mol. The standard InChI is InChI=1S/C19H21N3O3S3/c1-4-22(5-2)28(24,25)15-7-6-13(3)16(10-15)20-18(23)17-12-27-19(21-17)14-8-9-26-11-14/h6-12H,4-5H2,1-3H3,(H,20,23). The molecule has 1 aromatic carbocycles. The molecule has 9 heteroatoms. The molecule has 6 nitrogen and oxygen atoms in total. The van der Waals surface area contributed by atoms with Gasteiger partial charge in [-0.25, -0.2) is 13.4 Å².